The van der Waals surface area contributed by atoms with Gasteiger partial charge in [-0.1, -0.05) is 24.3 Å². The number of aromatic nitrogens is 4. The number of nitriles is 1. The predicted molar refractivity (Wildman–Crippen MR) is 129 cm³/mol. The number of aryl methyl sites for hydroxylation is 1. The molecule has 1 saturated carbocycles. The molecule has 4 atom stereocenters. The van der Waals surface area contributed by atoms with Gasteiger partial charge < -0.3 is 10.5 Å². The number of fused-ring (bicyclic) bond motifs is 1. The molecule has 176 valence electrons. The zero-order chi connectivity index (χ0) is 23.9. The largest absolute Gasteiger partial charge is 0.478 e. The summed E-state index contributed by atoms with van der Waals surface area (Å²) < 4.78 is 26.6. The third-order valence-corrected chi connectivity index (χ3v) is 6.92. The first-order chi connectivity index (χ1) is 16.5. The van der Waals surface area contributed by atoms with Crippen LogP contribution < -0.4 is 10.5 Å². The Morgan fingerprint density at radius 1 is 1.32 bits per heavy atom. The Hall–Kier alpha value is -3.44. The first kappa shape index (κ1) is 22.4. The van der Waals surface area contributed by atoms with Crippen LogP contribution in [0.25, 0.3) is 22.0 Å². The molecule has 34 heavy (non-hydrogen) atoms. The number of allylic oxidation sites excluding steroid dienone is 4. The number of hydrogen-bond acceptors (Lipinski definition) is 5. The highest BCUT2D eigenvalue weighted by atomic mass is 19.1. The van der Waals surface area contributed by atoms with Crippen molar-refractivity contribution < 1.29 is 9.13 Å². The van der Waals surface area contributed by atoms with Crippen molar-refractivity contribution in [3.05, 3.63) is 54.4 Å². The minimum atomic E-state index is -2.09. The second-order valence-electron chi connectivity index (χ2n) is 9.15. The van der Waals surface area contributed by atoms with Crippen LogP contribution in [0.2, 0.25) is 0 Å². The number of nitrogens with zero attached hydrogens (tertiary/aromatic N) is 5. The van der Waals surface area contributed by atoms with E-state index in [9.17, 15) is 5.26 Å². The minimum Gasteiger partial charge on any atom is -0.478 e. The molecule has 2 heterocycles. The predicted octanol–water partition coefficient (Wildman–Crippen LogP) is 4.71. The summed E-state index contributed by atoms with van der Waals surface area (Å²) in [5.74, 6) is -0.471. The van der Waals surface area contributed by atoms with Gasteiger partial charge in [-0.05, 0) is 56.4 Å². The fourth-order valence-corrected chi connectivity index (χ4v) is 5.19. The molecular formula is C26H29FN6O. The molecule has 0 radical (unpaired) electrons. The Morgan fingerprint density at radius 3 is 2.94 bits per heavy atom. The highest BCUT2D eigenvalue weighted by Crippen LogP contribution is 2.48. The average molecular weight is 461 g/mol. The van der Waals surface area contributed by atoms with E-state index in [4.69, 9.17) is 15.6 Å². The highest BCUT2D eigenvalue weighted by molar-refractivity contribution is 5.86. The molecule has 1 fully saturated rings. The SMILES string of the molecule is CCOc1c(-c2ccc3c(cnn3C)c2)c(C2(F)C=CC=CC2C#N)nn1C1CCCC(N)C1. The molecule has 4 unspecified atom stereocenters. The van der Waals surface area contributed by atoms with Gasteiger partial charge in [0.1, 0.15) is 11.6 Å². The molecular weight excluding hydrogens is 431 g/mol. The first-order valence-corrected chi connectivity index (χ1v) is 11.8. The maximum absolute atomic E-state index is 16.8. The number of rotatable bonds is 5. The van der Waals surface area contributed by atoms with E-state index in [0.29, 0.717) is 18.1 Å². The van der Waals surface area contributed by atoms with Crippen LogP contribution in [0.3, 0.4) is 0 Å². The molecule has 0 spiro atoms. The highest BCUT2D eigenvalue weighted by Gasteiger charge is 2.45. The summed E-state index contributed by atoms with van der Waals surface area (Å²) in [5.41, 5.74) is 6.73. The molecule has 2 aromatic heterocycles. The van der Waals surface area contributed by atoms with E-state index in [1.807, 2.05) is 36.9 Å². The number of alkyl halides is 1. The Labute approximate surface area is 198 Å². The standard InChI is InChI=1S/C26H29FN6O/c1-3-34-25-23(17-10-11-22-18(13-17)16-30-32(22)2)24(26(27)12-5-4-7-19(26)15-28)31-33(25)21-9-6-8-20(29)14-21/h4-5,7,10-13,16,19-21H,3,6,8-9,14,29H2,1-2H3. The Bertz CT molecular complexity index is 1310. The number of benzene rings is 1. The van der Waals surface area contributed by atoms with E-state index in [-0.39, 0.29) is 17.8 Å². The van der Waals surface area contributed by atoms with E-state index in [1.54, 1.807) is 29.1 Å². The van der Waals surface area contributed by atoms with Crippen LogP contribution >= 0.6 is 0 Å². The van der Waals surface area contributed by atoms with Crippen molar-refractivity contribution in [2.24, 2.45) is 18.7 Å². The Morgan fingerprint density at radius 2 is 2.18 bits per heavy atom. The second kappa shape index (κ2) is 8.73. The van der Waals surface area contributed by atoms with Crippen LogP contribution in [0, 0.1) is 17.2 Å². The lowest BCUT2D eigenvalue weighted by atomic mass is 9.81. The van der Waals surface area contributed by atoms with Gasteiger partial charge in [-0.25, -0.2) is 9.07 Å². The van der Waals surface area contributed by atoms with Gasteiger partial charge in [0.05, 0.1) is 36.0 Å². The van der Waals surface area contributed by atoms with Crippen molar-refractivity contribution in [2.45, 2.75) is 50.4 Å². The van der Waals surface area contributed by atoms with Crippen LogP contribution in [0.5, 0.6) is 5.88 Å². The quantitative estimate of drug-likeness (QED) is 0.595. The zero-order valence-corrected chi connectivity index (χ0v) is 19.5. The summed E-state index contributed by atoms with van der Waals surface area (Å²) in [6.07, 6.45) is 11.7. The van der Waals surface area contributed by atoms with Crippen molar-refractivity contribution in [1.29, 1.82) is 5.26 Å². The van der Waals surface area contributed by atoms with E-state index >= 15 is 4.39 Å². The third-order valence-electron chi connectivity index (χ3n) is 6.92. The summed E-state index contributed by atoms with van der Waals surface area (Å²) in [6, 6.07) is 8.08. The van der Waals surface area contributed by atoms with Crippen LogP contribution in [0.1, 0.15) is 44.3 Å². The van der Waals surface area contributed by atoms with Crippen molar-refractivity contribution >= 4 is 10.9 Å². The molecule has 0 saturated heterocycles. The van der Waals surface area contributed by atoms with Crippen LogP contribution in [-0.4, -0.2) is 32.2 Å². The molecule has 2 aliphatic rings. The second-order valence-corrected chi connectivity index (χ2v) is 9.15. The van der Waals surface area contributed by atoms with Crippen LogP contribution in [-0.2, 0) is 12.7 Å². The van der Waals surface area contributed by atoms with Crippen molar-refractivity contribution in [1.82, 2.24) is 19.6 Å². The summed E-state index contributed by atoms with van der Waals surface area (Å²) >= 11 is 0. The molecule has 0 amide bonds. The molecule has 2 N–H and O–H groups in total. The van der Waals surface area contributed by atoms with E-state index in [0.717, 1.165) is 42.1 Å². The number of halogens is 1. The number of ether oxygens (including phenoxy) is 1. The maximum atomic E-state index is 16.8. The molecule has 0 bridgehead atoms. The van der Waals surface area contributed by atoms with Crippen molar-refractivity contribution in [3.63, 3.8) is 0 Å². The number of nitrogens with two attached hydrogens (primary N) is 1. The van der Waals surface area contributed by atoms with Gasteiger partial charge in [-0.2, -0.15) is 15.5 Å². The summed E-state index contributed by atoms with van der Waals surface area (Å²) in [6.45, 7) is 2.31. The topological polar surface area (TPSA) is 94.7 Å². The van der Waals surface area contributed by atoms with Crippen molar-refractivity contribution in [2.75, 3.05) is 6.61 Å². The van der Waals surface area contributed by atoms with Crippen LogP contribution in [0.4, 0.5) is 4.39 Å². The fraction of sp³-hybridized carbons (Fsp3) is 0.423. The molecule has 7 nitrogen and oxygen atoms in total. The van der Waals surface area contributed by atoms with Gasteiger partial charge in [0, 0.05) is 18.5 Å². The molecule has 5 rings (SSSR count). The average Bonchev–Trinajstić information content (AvgIpc) is 3.40. The van der Waals surface area contributed by atoms with Crippen LogP contribution in [0.15, 0.2) is 48.7 Å². The van der Waals surface area contributed by atoms with Gasteiger partial charge in [-0.15, -0.1) is 0 Å². The summed E-state index contributed by atoms with van der Waals surface area (Å²) in [7, 11) is 1.89. The fourth-order valence-electron chi connectivity index (χ4n) is 5.19. The van der Waals surface area contributed by atoms with Gasteiger partial charge in [-0.3, -0.25) is 4.68 Å². The summed E-state index contributed by atoms with van der Waals surface area (Å²) in [4.78, 5) is 0. The van der Waals surface area contributed by atoms with Crippen molar-refractivity contribution in [3.8, 4) is 23.1 Å². The number of hydrogen-bond donors (Lipinski definition) is 1. The monoisotopic (exact) mass is 460 g/mol. The third kappa shape index (κ3) is 3.61. The Balaban J connectivity index is 1.76. The van der Waals surface area contributed by atoms with Gasteiger partial charge >= 0.3 is 0 Å². The smallest absolute Gasteiger partial charge is 0.220 e. The van der Waals surface area contributed by atoms with E-state index in [2.05, 4.69) is 11.2 Å². The van der Waals surface area contributed by atoms with Gasteiger partial charge in [0.25, 0.3) is 0 Å². The summed E-state index contributed by atoms with van der Waals surface area (Å²) in [5, 5.41) is 19.9. The van der Waals surface area contributed by atoms with Gasteiger partial charge in [0.15, 0.2) is 5.67 Å². The molecule has 0 aliphatic heterocycles. The van der Waals surface area contributed by atoms with E-state index in [1.165, 1.54) is 6.08 Å². The molecule has 3 aromatic rings. The van der Waals surface area contributed by atoms with Gasteiger partial charge in [0.2, 0.25) is 5.88 Å². The lowest BCUT2D eigenvalue weighted by molar-refractivity contribution is 0.185. The normalized spacial score (nSPS) is 26.6. The van der Waals surface area contributed by atoms with E-state index < -0.39 is 11.6 Å². The molecule has 2 aliphatic carbocycles. The Kier molecular flexibility index (Phi) is 5.74. The lowest BCUT2D eigenvalue weighted by Gasteiger charge is -2.28. The maximum Gasteiger partial charge on any atom is 0.220 e. The minimum absolute atomic E-state index is 0.00664. The lowest BCUT2D eigenvalue weighted by Crippen LogP contribution is -2.31. The zero-order valence-electron chi connectivity index (χ0n) is 19.5. The first-order valence-electron chi connectivity index (χ1n) is 11.8. The molecule has 8 heteroatoms. The molecule has 1 aromatic carbocycles.